The largest absolute Gasteiger partial charge is 0.390 e. The van der Waals surface area contributed by atoms with Crippen LogP contribution in [0.25, 0.3) is 0 Å². The number of benzene rings is 1. The highest BCUT2D eigenvalue weighted by molar-refractivity contribution is 9.10. The predicted molar refractivity (Wildman–Crippen MR) is 73.1 cm³/mol. The molecule has 2 unspecified atom stereocenters. The van der Waals surface area contributed by atoms with E-state index in [1.54, 1.807) is 12.1 Å². The number of carbonyl (C=O) groups is 1. The first kappa shape index (κ1) is 15.1. The summed E-state index contributed by atoms with van der Waals surface area (Å²) in [6.45, 7) is 3.72. The van der Waals surface area contributed by atoms with Crippen LogP contribution in [0.3, 0.4) is 0 Å². The lowest BCUT2D eigenvalue weighted by molar-refractivity contribution is -0.119. The minimum absolute atomic E-state index is 0.144. The second-order valence-corrected chi connectivity index (χ2v) is 5.15. The van der Waals surface area contributed by atoms with E-state index in [1.165, 1.54) is 6.92 Å². The highest BCUT2D eigenvalue weighted by atomic mass is 79.9. The molecule has 1 amide bonds. The Morgan fingerprint density at radius 1 is 1.44 bits per heavy atom. The lowest BCUT2D eigenvalue weighted by Gasteiger charge is -2.18. The fourth-order valence-electron chi connectivity index (χ4n) is 1.57. The molecule has 4 nitrogen and oxygen atoms in total. The van der Waals surface area contributed by atoms with Crippen molar-refractivity contribution in [3.05, 3.63) is 33.8 Å². The maximum Gasteiger partial charge on any atom is 0.216 e. The van der Waals surface area contributed by atoms with E-state index in [4.69, 9.17) is 0 Å². The van der Waals surface area contributed by atoms with Gasteiger partial charge in [0.2, 0.25) is 5.91 Å². The summed E-state index contributed by atoms with van der Waals surface area (Å²) in [5, 5.41) is 22.4. The quantitative estimate of drug-likeness (QED) is 0.774. The van der Waals surface area contributed by atoms with Crippen molar-refractivity contribution in [1.82, 2.24) is 5.32 Å². The molecule has 0 aliphatic heterocycles. The Hall–Kier alpha value is -0.910. The predicted octanol–water partition coefficient (Wildman–Crippen LogP) is 1.68. The number of carbonyl (C=O) groups excluding carboxylic acids is 1. The molecule has 1 aromatic carbocycles. The van der Waals surface area contributed by atoms with Gasteiger partial charge in [0, 0.05) is 17.9 Å². The third kappa shape index (κ3) is 4.40. The van der Waals surface area contributed by atoms with Gasteiger partial charge in [-0.3, -0.25) is 4.79 Å². The van der Waals surface area contributed by atoms with Crippen molar-refractivity contribution in [2.24, 2.45) is 0 Å². The van der Waals surface area contributed by atoms with E-state index in [-0.39, 0.29) is 5.91 Å². The molecule has 3 N–H and O–H groups in total. The molecule has 0 fully saturated rings. The van der Waals surface area contributed by atoms with Crippen LogP contribution in [0.15, 0.2) is 22.7 Å². The molecule has 5 heteroatoms. The van der Waals surface area contributed by atoms with Crippen molar-refractivity contribution in [2.75, 3.05) is 6.54 Å². The fourth-order valence-corrected chi connectivity index (χ4v) is 1.97. The normalized spacial score (nSPS) is 14.1. The second kappa shape index (κ2) is 6.87. The van der Waals surface area contributed by atoms with Gasteiger partial charge in [0.05, 0.1) is 6.10 Å². The molecule has 0 aliphatic carbocycles. The van der Waals surface area contributed by atoms with Crippen LogP contribution in [0.5, 0.6) is 0 Å². The van der Waals surface area contributed by atoms with Crippen LogP contribution in [0.1, 0.15) is 30.6 Å². The van der Waals surface area contributed by atoms with Gasteiger partial charge in [-0.05, 0) is 30.5 Å². The van der Waals surface area contributed by atoms with Gasteiger partial charge in [-0.2, -0.15) is 0 Å². The number of aliphatic hydroxyl groups is 2. The number of rotatable bonds is 5. The van der Waals surface area contributed by atoms with E-state index in [2.05, 4.69) is 21.2 Å². The van der Waals surface area contributed by atoms with Crippen LogP contribution in [0, 0.1) is 6.92 Å². The standard InChI is InChI=1S/C13H18BrNO3/c1-8-3-4-10(7-11(8)14)13(18)12(17)5-6-15-9(2)16/h3-4,7,12-13,17-18H,5-6H2,1-2H3,(H,15,16). The highest BCUT2D eigenvalue weighted by Crippen LogP contribution is 2.24. The molecule has 2 atom stereocenters. The first-order valence-electron chi connectivity index (χ1n) is 5.78. The van der Waals surface area contributed by atoms with Gasteiger partial charge in [0.1, 0.15) is 6.10 Å². The van der Waals surface area contributed by atoms with Crippen molar-refractivity contribution in [2.45, 2.75) is 32.5 Å². The van der Waals surface area contributed by atoms with Crippen molar-refractivity contribution in [3.8, 4) is 0 Å². The number of aliphatic hydroxyl groups excluding tert-OH is 2. The first-order valence-corrected chi connectivity index (χ1v) is 6.57. The number of hydrogen-bond acceptors (Lipinski definition) is 3. The first-order chi connectivity index (χ1) is 8.41. The Bertz CT molecular complexity index is 423. The molecule has 0 saturated heterocycles. The molecule has 100 valence electrons. The van der Waals surface area contributed by atoms with Gasteiger partial charge in [0.25, 0.3) is 0 Å². The monoisotopic (exact) mass is 315 g/mol. The van der Waals surface area contributed by atoms with E-state index in [0.717, 1.165) is 10.0 Å². The molecular weight excluding hydrogens is 298 g/mol. The summed E-state index contributed by atoms with van der Waals surface area (Å²) in [6.07, 6.45) is -1.53. The number of halogens is 1. The van der Waals surface area contributed by atoms with Gasteiger partial charge >= 0.3 is 0 Å². The Morgan fingerprint density at radius 3 is 2.67 bits per heavy atom. The minimum Gasteiger partial charge on any atom is -0.390 e. The molecule has 0 saturated carbocycles. The van der Waals surface area contributed by atoms with Gasteiger partial charge in [-0.1, -0.05) is 28.1 Å². The number of aryl methyl sites for hydroxylation is 1. The van der Waals surface area contributed by atoms with E-state index in [1.807, 2.05) is 13.0 Å². The zero-order valence-electron chi connectivity index (χ0n) is 10.5. The molecule has 1 aromatic rings. The van der Waals surface area contributed by atoms with Crippen molar-refractivity contribution in [3.63, 3.8) is 0 Å². The Morgan fingerprint density at radius 2 is 2.11 bits per heavy atom. The molecule has 0 aliphatic rings. The van der Waals surface area contributed by atoms with Gasteiger partial charge < -0.3 is 15.5 Å². The zero-order chi connectivity index (χ0) is 13.7. The van der Waals surface area contributed by atoms with Crippen molar-refractivity contribution >= 4 is 21.8 Å². The molecular formula is C13H18BrNO3. The summed E-state index contributed by atoms with van der Waals surface area (Å²) in [7, 11) is 0. The highest BCUT2D eigenvalue weighted by Gasteiger charge is 2.18. The van der Waals surface area contributed by atoms with Crippen molar-refractivity contribution in [1.29, 1.82) is 0 Å². The summed E-state index contributed by atoms with van der Waals surface area (Å²) in [4.78, 5) is 10.7. The third-order valence-corrected chi connectivity index (χ3v) is 3.57. The minimum atomic E-state index is -0.948. The lowest BCUT2D eigenvalue weighted by Crippen LogP contribution is -2.27. The van der Waals surface area contributed by atoms with Crippen molar-refractivity contribution < 1.29 is 15.0 Å². The zero-order valence-corrected chi connectivity index (χ0v) is 12.1. The summed E-state index contributed by atoms with van der Waals surface area (Å²) in [5.41, 5.74) is 1.72. The third-order valence-electron chi connectivity index (χ3n) is 2.72. The SMILES string of the molecule is CC(=O)NCCC(O)C(O)c1ccc(C)c(Br)c1. The van der Waals surface area contributed by atoms with Crippen LogP contribution >= 0.6 is 15.9 Å². The lowest BCUT2D eigenvalue weighted by atomic mass is 10.0. The number of nitrogens with one attached hydrogen (secondary N) is 1. The molecule has 1 rings (SSSR count). The number of hydrogen-bond donors (Lipinski definition) is 3. The maximum atomic E-state index is 10.7. The van der Waals surface area contributed by atoms with Gasteiger partial charge in [-0.25, -0.2) is 0 Å². The number of amides is 1. The van der Waals surface area contributed by atoms with E-state index in [9.17, 15) is 15.0 Å². The molecule has 0 radical (unpaired) electrons. The van der Waals surface area contributed by atoms with E-state index < -0.39 is 12.2 Å². The topological polar surface area (TPSA) is 69.6 Å². The second-order valence-electron chi connectivity index (χ2n) is 4.29. The molecule has 0 aromatic heterocycles. The van der Waals surface area contributed by atoms with Crippen LogP contribution in [0.4, 0.5) is 0 Å². The summed E-state index contributed by atoms with van der Waals surface area (Å²) in [6, 6.07) is 5.46. The van der Waals surface area contributed by atoms with E-state index in [0.29, 0.717) is 18.5 Å². The summed E-state index contributed by atoms with van der Waals surface area (Å²) < 4.78 is 0.896. The van der Waals surface area contributed by atoms with Crippen LogP contribution in [0.2, 0.25) is 0 Å². The Kier molecular flexibility index (Phi) is 5.78. The molecule has 18 heavy (non-hydrogen) atoms. The maximum absolute atomic E-state index is 10.7. The Balaban J connectivity index is 2.59. The van der Waals surface area contributed by atoms with Gasteiger partial charge in [-0.15, -0.1) is 0 Å². The van der Waals surface area contributed by atoms with Gasteiger partial charge in [0.15, 0.2) is 0 Å². The molecule has 0 bridgehead atoms. The molecule has 0 spiro atoms. The average Bonchev–Trinajstić information content (AvgIpc) is 2.31. The smallest absolute Gasteiger partial charge is 0.216 e. The summed E-state index contributed by atoms with van der Waals surface area (Å²) >= 11 is 3.39. The summed E-state index contributed by atoms with van der Waals surface area (Å²) in [5.74, 6) is -0.144. The van der Waals surface area contributed by atoms with E-state index >= 15 is 0 Å². The Labute approximate surface area is 115 Å². The van der Waals surface area contributed by atoms with Crippen LogP contribution in [-0.4, -0.2) is 28.8 Å². The van der Waals surface area contributed by atoms with Crippen LogP contribution in [-0.2, 0) is 4.79 Å². The molecule has 0 heterocycles. The van der Waals surface area contributed by atoms with Crippen LogP contribution < -0.4 is 5.32 Å². The fraction of sp³-hybridized carbons (Fsp3) is 0.462. The average molecular weight is 316 g/mol.